The number of ether oxygens (including phenoxy) is 2. The van der Waals surface area contributed by atoms with Gasteiger partial charge in [0, 0.05) is 19.5 Å². The third-order valence-electron chi connectivity index (χ3n) is 5.23. The SMILES string of the molecule is CCCNC(=O)[C@H](CC)N(Cc1cccc(C)c1)C(=O)CCCOc1ccc(OC)cc1. The van der Waals surface area contributed by atoms with E-state index in [4.69, 9.17) is 9.47 Å². The monoisotopic (exact) mass is 440 g/mol. The van der Waals surface area contributed by atoms with Gasteiger partial charge in [-0.25, -0.2) is 0 Å². The molecule has 2 amide bonds. The highest BCUT2D eigenvalue weighted by atomic mass is 16.5. The van der Waals surface area contributed by atoms with E-state index in [9.17, 15) is 9.59 Å². The number of amides is 2. The molecule has 0 aromatic heterocycles. The zero-order valence-electron chi connectivity index (χ0n) is 19.7. The first kappa shape index (κ1) is 25.2. The molecule has 174 valence electrons. The lowest BCUT2D eigenvalue weighted by Crippen LogP contribution is -2.49. The van der Waals surface area contributed by atoms with Gasteiger partial charge in [0.1, 0.15) is 17.5 Å². The Morgan fingerprint density at radius 1 is 1.06 bits per heavy atom. The quantitative estimate of drug-likeness (QED) is 0.466. The molecule has 2 rings (SSSR count). The van der Waals surface area contributed by atoms with E-state index in [0.717, 1.165) is 29.0 Å². The standard InChI is InChI=1S/C26H36N2O4/c1-5-16-27-26(30)24(6-2)28(19-21-10-7-9-20(3)18-21)25(29)11-8-17-32-23-14-12-22(31-4)13-15-23/h7,9-10,12-15,18,24H,5-6,8,11,16-17,19H2,1-4H3,(H,27,30)/t24-/m0/s1. The van der Waals surface area contributed by atoms with Crippen LogP contribution in [0, 0.1) is 6.92 Å². The second-order valence-corrected chi connectivity index (χ2v) is 7.85. The van der Waals surface area contributed by atoms with Crippen LogP contribution in [0.2, 0.25) is 0 Å². The maximum absolute atomic E-state index is 13.2. The summed E-state index contributed by atoms with van der Waals surface area (Å²) in [6.45, 7) is 7.43. The second-order valence-electron chi connectivity index (χ2n) is 7.85. The summed E-state index contributed by atoms with van der Waals surface area (Å²) in [5, 5.41) is 2.95. The highest BCUT2D eigenvalue weighted by Gasteiger charge is 2.28. The van der Waals surface area contributed by atoms with Crippen molar-refractivity contribution in [1.82, 2.24) is 10.2 Å². The van der Waals surface area contributed by atoms with E-state index < -0.39 is 6.04 Å². The van der Waals surface area contributed by atoms with Crippen molar-refractivity contribution >= 4 is 11.8 Å². The number of methoxy groups -OCH3 is 1. The number of nitrogens with one attached hydrogen (secondary N) is 1. The van der Waals surface area contributed by atoms with Crippen molar-refractivity contribution in [2.45, 2.75) is 59.0 Å². The van der Waals surface area contributed by atoms with Crippen LogP contribution in [0.1, 0.15) is 50.7 Å². The third kappa shape index (κ3) is 7.91. The summed E-state index contributed by atoms with van der Waals surface area (Å²) in [4.78, 5) is 27.7. The Hall–Kier alpha value is -3.02. The summed E-state index contributed by atoms with van der Waals surface area (Å²) < 4.78 is 10.9. The van der Waals surface area contributed by atoms with Crippen molar-refractivity contribution in [1.29, 1.82) is 0 Å². The molecule has 6 nitrogen and oxygen atoms in total. The second kappa shape index (κ2) is 13.4. The molecule has 1 atom stereocenters. The van der Waals surface area contributed by atoms with Gasteiger partial charge < -0.3 is 19.7 Å². The zero-order chi connectivity index (χ0) is 23.3. The molecular weight excluding hydrogens is 404 g/mol. The maximum Gasteiger partial charge on any atom is 0.242 e. The van der Waals surface area contributed by atoms with Gasteiger partial charge in [0.2, 0.25) is 11.8 Å². The van der Waals surface area contributed by atoms with Crippen LogP contribution in [0.5, 0.6) is 11.5 Å². The van der Waals surface area contributed by atoms with E-state index in [2.05, 4.69) is 11.4 Å². The highest BCUT2D eigenvalue weighted by Crippen LogP contribution is 2.18. The molecule has 6 heteroatoms. The number of nitrogens with zero attached hydrogens (tertiary/aromatic N) is 1. The molecule has 0 unspecified atom stereocenters. The number of aryl methyl sites for hydroxylation is 1. The molecule has 0 radical (unpaired) electrons. The van der Waals surface area contributed by atoms with Gasteiger partial charge in [-0.3, -0.25) is 9.59 Å². The first-order valence-corrected chi connectivity index (χ1v) is 11.4. The van der Waals surface area contributed by atoms with Crippen LogP contribution in [-0.2, 0) is 16.1 Å². The van der Waals surface area contributed by atoms with E-state index in [1.165, 1.54) is 0 Å². The van der Waals surface area contributed by atoms with Crippen molar-refractivity contribution in [2.75, 3.05) is 20.3 Å². The molecule has 2 aromatic rings. The average molecular weight is 441 g/mol. The van der Waals surface area contributed by atoms with Crippen LogP contribution in [0.3, 0.4) is 0 Å². The number of hydrogen-bond donors (Lipinski definition) is 1. The van der Waals surface area contributed by atoms with Gasteiger partial charge >= 0.3 is 0 Å². The van der Waals surface area contributed by atoms with Gasteiger partial charge in [0.25, 0.3) is 0 Å². The smallest absolute Gasteiger partial charge is 0.242 e. The predicted molar refractivity (Wildman–Crippen MR) is 127 cm³/mol. The predicted octanol–water partition coefficient (Wildman–Crippen LogP) is 4.50. The van der Waals surface area contributed by atoms with Crippen LogP contribution >= 0.6 is 0 Å². The fourth-order valence-corrected chi connectivity index (χ4v) is 3.52. The van der Waals surface area contributed by atoms with Crippen LogP contribution in [-0.4, -0.2) is 43.0 Å². The fourth-order valence-electron chi connectivity index (χ4n) is 3.52. The Kier molecular flexibility index (Phi) is 10.6. The Balaban J connectivity index is 2.02. The Morgan fingerprint density at radius 2 is 1.78 bits per heavy atom. The van der Waals surface area contributed by atoms with Crippen LogP contribution in [0.15, 0.2) is 48.5 Å². The summed E-state index contributed by atoms with van der Waals surface area (Å²) in [5.74, 6) is 1.37. The summed E-state index contributed by atoms with van der Waals surface area (Å²) in [6, 6.07) is 14.9. The van der Waals surface area contributed by atoms with Gasteiger partial charge in [-0.15, -0.1) is 0 Å². The molecule has 1 N–H and O–H groups in total. The van der Waals surface area contributed by atoms with E-state index in [1.807, 2.05) is 63.2 Å². The molecule has 0 aliphatic heterocycles. The lowest BCUT2D eigenvalue weighted by molar-refractivity contribution is -0.141. The van der Waals surface area contributed by atoms with Crippen molar-refractivity contribution in [3.63, 3.8) is 0 Å². The Bertz CT molecular complexity index is 851. The van der Waals surface area contributed by atoms with E-state index in [-0.39, 0.29) is 11.8 Å². The van der Waals surface area contributed by atoms with Crippen molar-refractivity contribution in [3.8, 4) is 11.5 Å². The number of hydrogen-bond acceptors (Lipinski definition) is 4. The minimum Gasteiger partial charge on any atom is -0.497 e. The molecule has 0 heterocycles. The Morgan fingerprint density at radius 3 is 2.41 bits per heavy atom. The normalized spacial score (nSPS) is 11.5. The highest BCUT2D eigenvalue weighted by molar-refractivity contribution is 5.87. The fraction of sp³-hybridized carbons (Fsp3) is 0.462. The lowest BCUT2D eigenvalue weighted by Gasteiger charge is -2.31. The van der Waals surface area contributed by atoms with Gasteiger partial charge in [0.15, 0.2) is 0 Å². The van der Waals surface area contributed by atoms with Crippen molar-refractivity contribution < 1.29 is 19.1 Å². The summed E-state index contributed by atoms with van der Waals surface area (Å²) in [7, 11) is 1.62. The summed E-state index contributed by atoms with van der Waals surface area (Å²) in [5.41, 5.74) is 2.15. The molecule has 2 aromatic carbocycles. The number of carbonyl (C=O) groups excluding carboxylic acids is 2. The van der Waals surface area contributed by atoms with Crippen molar-refractivity contribution in [2.24, 2.45) is 0 Å². The minimum absolute atomic E-state index is 0.0386. The molecule has 0 aliphatic rings. The number of rotatable bonds is 13. The zero-order valence-corrected chi connectivity index (χ0v) is 19.7. The van der Waals surface area contributed by atoms with Crippen LogP contribution < -0.4 is 14.8 Å². The summed E-state index contributed by atoms with van der Waals surface area (Å²) >= 11 is 0. The largest absolute Gasteiger partial charge is 0.497 e. The van der Waals surface area contributed by atoms with E-state index >= 15 is 0 Å². The maximum atomic E-state index is 13.2. The topological polar surface area (TPSA) is 67.9 Å². The molecule has 0 saturated heterocycles. The first-order valence-electron chi connectivity index (χ1n) is 11.4. The van der Waals surface area contributed by atoms with Gasteiger partial charge in [-0.2, -0.15) is 0 Å². The molecule has 32 heavy (non-hydrogen) atoms. The molecule has 0 bridgehead atoms. The lowest BCUT2D eigenvalue weighted by atomic mass is 10.1. The van der Waals surface area contributed by atoms with E-state index in [0.29, 0.717) is 39.0 Å². The van der Waals surface area contributed by atoms with Gasteiger partial charge in [-0.05, 0) is 56.0 Å². The van der Waals surface area contributed by atoms with Crippen LogP contribution in [0.25, 0.3) is 0 Å². The first-order chi connectivity index (χ1) is 15.5. The van der Waals surface area contributed by atoms with Gasteiger partial charge in [0.05, 0.1) is 13.7 Å². The summed E-state index contributed by atoms with van der Waals surface area (Å²) in [6.07, 6.45) is 2.31. The molecule has 0 aliphatic carbocycles. The molecule has 0 fully saturated rings. The number of benzene rings is 2. The minimum atomic E-state index is -0.489. The third-order valence-corrected chi connectivity index (χ3v) is 5.23. The van der Waals surface area contributed by atoms with Crippen LogP contribution in [0.4, 0.5) is 0 Å². The molecule has 0 spiro atoms. The molecular formula is C26H36N2O4. The van der Waals surface area contributed by atoms with Gasteiger partial charge in [-0.1, -0.05) is 43.7 Å². The Labute approximate surface area is 191 Å². The van der Waals surface area contributed by atoms with E-state index in [1.54, 1.807) is 12.0 Å². The number of carbonyl (C=O) groups is 2. The average Bonchev–Trinajstić information content (AvgIpc) is 2.80. The molecule has 0 saturated carbocycles. The van der Waals surface area contributed by atoms with Crippen molar-refractivity contribution in [3.05, 3.63) is 59.7 Å².